The fraction of sp³-hybridized carbons (Fsp3) is 0.333. The van der Waals surface area contributed by atoms with Gasteiger partial charge in [0.05, 0.1) is 6.26 Å². The lowest BCUT2D eigenvalue weighted by atomic mass is 10.0. The molecule has 1 N–H and O–H groups in total. The van der Waals surface area contributed by atoms with E-state index in [9.17, 15) is 9.59 Å². The third kappa shape index (κ3) is 5.11. The normalized spacial score (nSPS) is 14.6. The van der Waals surface area contributed by atoms with Crippen LogP contribution in [0.25, 0.3) is 0 Å². The van der Waals surface area contributed by atoms with Crippen LogP contribution in [0.15, 0.2) is 71.3 Å². The van der Waals surface area contributed by atoms with Gasteiger partial charge in [-0.3, -0.25) is 14.5 Å². The van der Waals surface area contributed by atoms with Crippen molar-refractivity contribution < 1.29 is 14.0 Å². The number of hydrogen-bond donors (Lipinski definition) is 1. The molecule has 1 aromatic heterocycles. The van der Waals surface area contributed by atoms with Gasteiger partial charge in [0.2, 0.25) is 5.91 Å². The van der Waals surface area contributed by atoms with Gasteiger partial charge in [0, 0.05) is 31.5 Å². The van der Waals surface area contributed by atoms with Crippen molar-refractivity contribution in [1.29, 1.82) is 0 Å². The molecule has 0 aliphatic heterocycles. The highest BCUT2D eigenvalue weighted by Gasteiger charge is 2.35. The van der Waals surface area contributed by atoms with Gasteiger partial charge in [0.25, 0.3) is 5.91 Å². The first-order valence-electron chi connectivity index (χ1n) is 11.5. The van der Waals surface area contributed by atoms with E-state index in [1.807, 2.05) is 74.4 Å². The van der Waals surface area contributed by atoms with Gasteiger partial charge in [-0.2, -0.15) is 0 Å². The second kappa shape index (κ2) is 9.94. The van der Waals surface area contributed by atoms with Crippen molar-refractivity contribution in [2.45, 2.75) is 44.7 Å². The summed E-state index contributed by atoms with van der Waals surface area (Å²) < 4.78 is 5.44. The summed E-state index contributed by atoms with van der Waals surface area (Å²) in [6.45, 7) is 1.99. The molecule has 0 spiro atoms. The highest BCUT2D eigenvalue weighted by atomic mass is 16.3. The number of anilines is 2. The zero-order valence-corrected chi connectivity index (χ0v) is 19.5. The summed E-state index contributed by atoms with van der Waals surface area (Å²) in [5.74, 6) is -0.341. The highest BCUT2D eigenvalue weighted by molar-refractivity contribution is 6.08. The first-order valence-corrected chi connectivity index (χ1v) is 11.5. The summed E-state index contributed by atoms with van der Waals surface area (Å²) in [5, 5.41) is 3.20. The van der Waals surface area contributed by atoms with Crippen LogP contribution in [-0.2, 0) is 4.79 Å². The second-order valence-corrected chi connectivity index (χ2v) is 8.87. The van der Waals surface area contributed by atoms with Gasteiger partial charge in [-0.15, -0.1) is 0 Å². The van der Waals surface area contributed by atoms with E-state index >= 15 is 0 Å². The van der Waals surface area contributed by atoms with Crippen LogP contribution in [0.5, 0.6) is 0 Å². The van der Waals surface area contributed by atoms with Gasteiger partial charge in [-0.05, 0) is 61.7 Å². The van der Waals surface area contributed by atoms with E-state index in [0.717, 1.165) is 42.5 Å². The maximum Gasteiger partial charge on any atom is 0.294 e. The Kier molecular flexibility index (Phi) is 6.82. The van der Waals surface area contributed by atoms with E-state index in [1.165, 1.54) is 6.26 Å². The van der Waals surface area contributed by atoms with E-state index in [1.54, 1.807) is 17.0 Å². The van der Waals surface area contributed by atoms with Crippen molar-refractivity contribution in [3.8, 4) is 0 Å². The molecule has 1 aliphatic carbocycles. The van der Waals surface area contributed by atoms with Crippen LogP contribution < -0.4 is 15.1 Å². The van der Waals surface area contributed by atoms with Gasteiger partial charge in [0.15, 0.2) is 5.76 Å². The topological polar surface area (TPSA) is 65.8 Å². The van der Waals surface area contributed by atoms with Gasteiger partial charge in [-0.25, -0.2) is 0 Å². The monoisotopic (exact) mass is 445 g/mol. The Balaban J connectivity index is 1.79. The molecule has 172 valence electrons. The molecule has 33 heavy (non-hydrogen) atoms. The van der Waals surface area contributed by atoms with Gasteiger partial charge in [-0.1, -0.05) is 42.7 Å². The average molecular weight is 446 g/mol. The molecule has 0 radical (unpaired) electrons. The fourth-order valence-electron chi connectivity index (χ4n) is 4.33. The lowest BCUT2D eigenvalue weighted by Crippen LogP contribution is -2.46. The van der Waals surface area contributed by atoms with E-state index in [2.05, 4.69) is 5.32 Å². The number of nitrogens with one attached hydrogen (secondary N) is 1. The number of amides is 2. The molecule has 3 aromatic rings. The number of nitrogens with zero attached hydrogens (tertiary/aromatic N) is 2. The van der Waals surface area contributed by atoms with Crippen molar-refractivity contribution in [1.82, 2.24) is 5.32 Å². The Morgan fingerprint density at radius 3 is 2.15 bits per heavy atom. The number of benzene rings is 2. The molecular formula is C27H31N3O3. The summed E-state index contributed by atoms with van der Waals surface area (Å²) in [6.07, 6.45) is 5.63. The highest BCUT2D eigenvalue weighted by Crippen LogP contribution is 2.32. The Labute approximate surface area is 195 Å². The molecule has 1 unspecified atom stereocenters. The summed E-state index contributed by atoms with van der Waals surface area (Å²) in [6, 6.07) is 18.0. The third-order valence-electron chi connectivity index (χ3n) is 6.20. The molecule has 1 atom stereocenters. The van der Waals surface area contributed by atoms with Crippen molar-refractivity contribution in [2.24, 2.45) is 0 Å². The molecule has 6 nitrogen and oxygen atoms in total. The SMILES string of the molecule is Cc1ccc(N(C(=O)c2ccco2)C(C(=O)NC2CCCC2)c2ccc(N(C)C)cc2)cc1. The minimum Gasteiger partial charge on any atom is -0.459 e. The molecule has 1 heterocycles. The molecule has 1 fully saturated rings. The lowest BCUT2D eigenvalue weighted by Gasteiger charge is -2.32. The Morgan fingerprint density at radius 1 is 0.939 bits per heavy atom. The quantitative estimate of drug-likeness (QED) is 0.549. The second-order valence-electron chi connectivity index (χ2n) is 8.87. The van der Waals surface area contributed by atoms with Crippen LogP contribution in [0, 0.1) is 6.92 Å². The minimum atomic E-state index is -0.831. The predicted molar refractivity (Wildman–Crippen MR) is 131 cm³/mol. The van der Waals surface area contributed by atoms with E-state index in [4.69, 9.17) is 4.42 Å². The number of rotatable bonds is 7. The zero-order valence-electron chi connectivity index (χ0n) is 19.5. The van der Waals surface area contributed by atoms with Gasteiger partial charge < -0.3 is 14.6 Å². The van der Waals surface area contributed by atoms with Crippen molar-refractivity contribution in [2.75, 3.05) is 23.9 Å². The predicted octanol–water partition coefficient (Wildman–Crippen LogP) is 5.10. The molecule has 4 rings (SSSR count). The van der Waals surface area contributed by atoms with Crippen LogP contribution in [0.4, 0.5) is 11.4 Å². The first kappa shape index (κ1) is 22.6. The Hall–Kier alpha value is -3.54. The third-order valence-corrected chi connectivity index (χ3v) is 6.20. The molecule has 2 amide bonds. The minimum absolute atomic E-state index is 0.139. The molecule has 0 bridgehead atoms. The number of furan rings is 1. The maximum atomic E-state index is 13.7. The van der Waals surface area contributed by atoms with Crippen LogP contribution in [-0.4, -0.2) is 32.0 Å². The molecule has 1 aliphatic rings. The summed E-state index contributed by atoms with van der Waals surface area (Å²) >= 11 is 0. The van der Waals surface area contributed by atoms with Gasteiger partial charge in [0.1, 0.15) is 6.04 Å². The standard InChI is InChI=1S/C27H31N3O3/c1-19-10-14-23(15-11-19)30(27(32)24-9-6-18-33-24)25(26(31)28-21-7-4-5-8-21)20-12-16-22(17-13-20)29(2)3/h6,9-18,21,25H,4-5,7-8H2,1-3H3,(H,28,31). The summed E-state index contributed by atoms with van der Waals surface area (Å²) in [4.78, 5) is 30.9. The largest absolute Gasteiger partial charge is 0.459 e. The number of carbonyl (C=O) groups is 2. The molecule has 2 aromatic carbocycles. The smallest absolute Gasteiger partial charge is 0.294 e. The lowest BCUT2D eigenvalue weighted by molar-refractivity contribution is -0.123. The zero-order chi connectivity index (χ0) is 23.4. The van der Waals surface area contributed by atoms with Crippen LogP contribution in [0.3, 0.4) is 0 Å². The van der Waals surface area contributed by atoms with Crippen molar-refractivity contribution in [3.05, 3.63) is 83.8 Å². The van der Waals surface area contributed by atoms with Crippen LogP contribution >= 0.6 is 0 Å². The number of aryl methyl sites for hydroxylation is 1. The summed E-state index contributed by atoms with van der Waals surface area (Å²) in [7, 11) is 3.94. The molecule has 0 saturated heterocycles. The fourth-order valence-corrected chi connectivity index (χ4v) is 4.33. The van der Waals surface area contributed by atoms with E-state index in [0.29, 0.717) is 5.69 Å². The van der Waals surface area contributed by atoms with E-state index in [-0.39, 0.29) is 23.6 Å². The van der Waals surface area contributed by atoms with Crippen molar-refractivity contribution in [3.63, 3.8) is 0 Å². The van der Waals surface area contributed by atoms with Crippen molar-refractivity contribution >= 4 is 23.2 Å². The van der Waals surface area contributed by atoms with E-state index < -0.39 is 6.04 Å². The maximum absolute atomic E-state index is 13.7. The Bertz CT molecular complexity index is 1070. The van der Waals surface area contributed by atoms with Crippen LogP contribution in [0.2, 0.25) is 0 Å². The molecule has 6 heteroatoms. The van der Waals surface area contributed by atoms with Gasteiger partial charge >= 0.3 is 0 Å². The number of carbonyl (C=O) groups excluding carboxylic acids is 2. The average Bonchev–Trinajstić information content (AvgIpc) is 3.52. The first-order chi connectivity index (χ1) is 15.9. The number of hydrogen-bond acceptors (Lipinski definition) is 4. The Morgan fingerprint density at radius 2 is 1.58 bits per heavy atom. The van der Waals surface area contributed by atoms with Crippen LogP contribution in [0.1, 0.15) is 53.4 Å². The molecular weight excluding hydrogens is 414 g/mol. The molecule has 1 saturated carbocycles. The summed E-state index contributed by atoms with van der Waals surface area (Å²) in [5.41, 5.74) is 3.49.